The zero-order chi connectivity index (χ0) is 10.2. The molecule has 0 radical (unpaired) electrons. The van der Waals surface area contributed by atoms with Crippen molar-refractivity contribution in [3.8, 4) is 5.88 Å². The Morgan fingerprint density at radius 1 is 1.29 bits per heavy atom. The van der Waals surface area contributed by atoms with E-state index in [0.717, 1.165) is 11.3 Å². The third-order valence-electron chi connectivity index (χ3n) is 1.75. The molecule has 0 spiro atoms. The van der Waals surface area contributed by atoms with Crippen LogP contribution in [0.1, 0.15) is 20.8 Å². The van der Waals surface area contributed by atoms with Crippen LogP contribution in [-0.4, -0.2) is 10.6 Å². The van der Waals surface area contributed by atoms with Gasteiger partial charge in [-0.3, -0.25) is 0 Å². The summed E-state index contributed by atoms with van der Waals surface area (Å²) in [5, 5.41) is 3.16. The van der Waals surface area contributed by atoms with Gasteiger partial charge in [0.05, 0.1) is 5.39 Å². The summed E-state index contributed by atoms with van der Waals surface area (Å²) in [6.07, 6.45) is 1.79. The van der Waals surface area contributed by atoms with Crippen molar-refractivity contribution in [3.63, 3.8) is 0 Å². The van der Waals surface area contributed by atoms with Crippen molar-refractivity contribution < 1.29 is 4.74 Å². The van der Waals surface area contributed by atoms with Gasteiger partial charge in [-0.1, -0.05) is 0 Å². The molecule has 0 saturated carbocycles. The van der Waals surface area contributed by atoms with E-state index >= 15 is 0 Å². The number of nitrogens with zero attached hydrogens (tertiary/aromatic N) is 1. The molecule has 0 saturated heterocycles. The third kappa shape index (κ3) is 1.87. The fourth-order valence-electron chi connectivity index (χ4n) is 1.24. The van der Waals surface area contributed by atoms with Crippen molar-refractivity contribution in [2.45, 2.75) is 26.4 Å². The molecule has 0 unspecified atom stereocenters. The Balaban J connectivity index is 2.46. The molecule has 2 aromatic heterocycles. The molecule has 2 rings (SSSR count). The molecule has 0 atom stereocenters. The number of rotatable bonds is 1. The van der Waals surface area contributed by atoms with Crippen molar-refractivity contribution >= 4 is 21.4 Å². The summed E-state index contributed by atoms with van der Waals surface area (Å²) < 4.78 is 6.99. The van der Waals surface area contributed by atoms with Crippen LogP contribution >= 0.6 is 11.3 Å². The average Bonchev–Trinajstić information content (AvgIpc) is 2.49. The minimum Gasteiger partial charge on any atom is -0.471 e. The fraction of sp³-hybridized carbons (Fsp3) is 0.364. The number of thiophene rings is 1. The fourth-order valence-corrected chi connectivity index (χ4v) is 2.01. The van der Waals surface area contributed by atoms with Crippen LogP contribution in [0.25, 0.3) is 10.1 Å². The molecule has 74 valence electrons. The average molecular weight is 207 g/mol. The highest BCUT2D eigenvalue weighted by Crippen LogP contribution is 2.29. The molecule has 0 amide bonds. The summed E-state index contributed by atoms with van der Waals surface area (Å²) in [6, 6.07) is 4.06. The van der Waals surface area contributed by atoms with E-state index in [1.807, 2.05) is 32.9 Å². The van der Waals surface area contributed by atoms with Crippen molar-refractivity contribution in [1.82, 2.24) is 4.98 Å². The predicted octanol–water partition coefficient (Wildman–Crippen LogP) is 3.47. The van der Waals surface area contributed by atoms with Gasteiger partial charge in [0.2, 0.25) is 5.88 Å². The lowest BCUT2D eigenvalue weighted by Gasteiger charge is -2.20. The molecule has 0 aliphatic heterocycles. The Bertz CT molecular complexity index is 442. The third-order valence-corrected chi connectivity index (χ3v) is 2.63. The van der Waals surface area contributed by atoms with Crippen LogP contribution in [0.3, 0.4) is 0 Å². The lowest BCUT2D eigenvalue weighted by Crippen LogP contribution is -2.23. The molecule has 3 heteroatoms. The Labute approximate surface area is 87.5 Å². The highest BCUT2D eigenvalue weighted by molar-refractivity contribution is 7.17. The Morgan fingerprint density at radius 2 is 2.07 bits per heavy atom. The summed E-state index contributed by atoms with van der Waals surface area (Å²) in [6.45, 7) is 6.08. The van der Waals surface area contributed by atoms with Crippen LogP contribution in [0.15, 0.2) is 23.7 Å². The molecule has 14 heavy (non-hydrogen) atoms. The number of ether oxygens (including phenoxy) is 1. The summed E-state index contributed by atoms with van der Waals surface area (Å²) in [5.41, 5.74) is -0.191. The second kappa shape index (κ2) is 3.24. The maximum absolute atomic E-state index is 5.77. The predicted molar refractivity (Wildman–Crippen MR) is 60.0 cm³/mol. The van der Waals surface area contributed by atoms with Gasteiger partial charge >= 0.3 is 0 Å². The summed E-state index contributed by atoms with van der Waals surface area (Å²) in [7, 11) is 0. The standard InChI is InChI=1S/C11H13NOS/c1-11(2,3)13-10-8-5-7-14-9(8)4-6-12-10/h4-7H,1-3H3. The van der Waals surface area contributed by atoms with Gasteiger partial charge in [-0.15, -0.1) is 11.3 Å². The van der Waals surface area contributed by atoms with Gasteiger partial charge in [-0.05, 0) is 38.3 Å². The van der Waals surface area contributed by atoms with E-state index in [4.69, 9.17) is 4.74 Å². The highest BCUT2D eigenvalue weighted by atomic mass is 32.1. The quantitative estimate of drug-likeness (QED) is 0.714. The van der Waals surface area contributed by atoms with Crippen molar-refractivity contribution in [1.29, 1.82) is 0 Å². The molecular weight excluding hydrogens is 194 g/mol. The first kappa shape index (κ1) is 9.46. The maximum Gasteiger partial charge on any atom is 0.222 e. The molecule has 0 N–H and O–H groups in total. The van der Waals surface area contributed by atoms with E-state index in [1.54, 1.807) is 17.5 Å². The number of aromatic nitrogens is 1. The molecule has 2 nitrogen and oxygen atoms in total. The lowest BCUT2D eigenvalue weighted by atomic mass is 10.2. The summed E-state index contributed by atoms with van der Waals surface area (Å²) in [5.74, 6) is 0.733. The van der Waals surface area contributed by atoms with Crippen molar-refractivity contribution in [2.75, 3.05) is 0 Å². The summed E-state index contributed by atoms with van der Waals surface area (Å²) in [4.78, 5) is 4.25. The molecule has 0 fully saturated rings. The summed E-state index contributed by atoms with van der Waals surface area (Å²) >= 11 is 1.71. The molecule has 0 aliphatic carbocycles. The first-order valence-corrected chi connectivity index (χ1v) is 5.45. The highest BCUT2D eigenvalue weighted by Gasteiger charge is 2.14. The number of hydrogen-bond acceptors (Lipinski definition) is 3. The van der Waals surface area contributed by atoms with Gasteiger partial charge in [0.25, 0.3) is 0 Å². The molecule has 0 aromatic carbocycles. The van der Waals surface area contributed by atoms with Crippen LogP contribution in [0.5, 0.6) is 5.88 Å². The second-order valence-corrected chi connectivity index (χ2v) is 5.11. The number of fused-ring (bicyclic) bond motifs is 1. The monoisotopic (exact) mass is 207 g/mol. The van der Waals surface area contributed by atoms with Crippen molar-refractivity contribution in [2.24, 2.45) is 0 Å². The molecule has 0 bridgehead atoms. The lowest BCUT2D eigenvalue weighted by molar-refractivity contribution is 0.126. The Hall–Kier alpha value is -1.09. The SMILES string of the molecule is CC(C)(C)Oc1nccc2sccc12. The van der Waals surface area contributed by atoms with Gasteiger partial charge in [0.15, 0.2) is 0 Å². The van der Waals surface area contributed by atoms with Crippen LogP contribution in [-0.2, 0) is 0 Å². The first-order valence-electron chi connectivity index (χ1n) is 4.57. The zero-order valence-electron chi connectivity index (χ0n) is 8.57. The van der Waals surface area contributed by atoms with Crippen LogP contribution in [0.4, 0.5) is 0 Å². The Morgan fingerprint density at radius 3 is 2.79 bits per heavy atom. The van der Waals surface area contributed by atoms with Crippen molar-refractivity contribution in [3.05, 3.63) is 23.7 Å². The molecule has 2 aromatic rings. The topological polar surface area (TPSA) is 22.1 Å². The van der Waals surface area contributed by atoms with Gasteiger partial charge < -0.3 is 4.74 Å². The van der Waals surface area contributed by atoms with E-state index in [1.165, 1.54) is 4.70 Å². The van der Waals surface area contributed by atoms with E-state index in [0.29, 0.717) is 0 Å². The van der Waals surface area contributed by atoms with Gasteiger partial charge in [-0.25, -0.2) is 4.98 Å². The van der Waals surface area contributed by atoms with E-state index < -0.39 is 0 Å². The largest absolute Gasteiger partial charge is 0.471 e. The van der Waals surface area contributed by atoms with Crippen LogP contribution in [0, 0.1) is 0 Å². The first-order chi connectivity index (χ1) is 6.56. The van der Waals surface area contributed by atoms with Gasteiger partial charge in [0.1, 0.15) is 5.60 Å². The minimum absolute atomic E-state index is 0.191. The smallest absolute Gasteiger partial charge is 0.222 e. The molecule has 2 heterocycles. The van der Waals surface area contributed by atoms with Gasteiger partial charge in [-0.2, -0.15) is 0 Å². The second-order valence-electron chi connectivity index (χ2n) is 4.16. The van der Waals surface area contributed by atoms with Gasteiger partial charge in [0, 0.05) is 10.9 Å². The van der Waals surface area contributed by atoms with Crippen LogP contribution < -0.4 is 4.74 Å². The van der Waals surface area contributed by atoms with E-state index in [9.17, 15) is 0 Å². The van der Waals surface area contributed by atoms with Crippen LogP contribution in [0.2, 0.25) is 0 Å². The van der Waals surface area contributed by atoms with E-state index in [2.05, 4.69) is 10.4 Å². The molecular formula is C11H13NOS. The molecule has 0 aliphatic rings. The Kier molecular flexibility index (Phi) is 2.19. The normalized spacial score (nSPS) is 11.9. The zero-order valence-corrected chi connectivity index (χ0v) is 9.39. The van der Waals surface area contributed by atoms with E-state index in [-0.39, 0.29) is 5.60 Å². The number of hydrogen-bond donors (Lipinski definition) is 0. The minimum atomic E-state index is -0.191. The number of pyridine rings is 1. The maximum atomic E-state index is 5.77.